The summed E-state index contributed by atoms with van der Waals surface area (Å²) < 4.78 is 0. The molecule has 0 radical (unpaired) electrons. The second-order valence-electron chi connectivity index (χ2n) is 3.51. The first-order valence-corrected chi connectivity index (χ1v) is 4.78. The maximum atomic E-state index is 11.4. The zero-order chi connectivity index (χ0) is 10.7. The molecular weight excluding hydrogens is 192 g/mol. The van der Waals surface area contributed by atoms with Gasteiger partial charge in [-0.1, -0.05) is 0 Å². The van der Waals surface area contributed by atoms with Gasteiger partial charge in [-0.05, 0) is 37.1 Å². The number of nitrogens with one attached hydrogen (secondary N) is 1. The van der Waals surface area contributed by atoms with Gasteiger partial charge in [0.25, 0.3) is 0 Å². The first-order chi connectivity index (χ1) is 7.29. The van der Waals surface area contributed by atoms with Crippen LogP contribution in [0, 0.1) is 5.92 Å². The Morgan fingerprint density at radius 2 is 2.00 bits per heavy atom. The zero-order valence-electron chi connectivity index (χ0n) is 8.06. The first kappa shape index (κ1) is 9.62. The molecule has 15 heavy (non-hydrogen) atoms. The molecule has 4 nitrogen and oxygen atoms in total. The Morgan fingerprint density at radius 1 is 1.33 bits per heavy atom. The number of benzene rings is 1. The fourth-order valence-corrected chi connectivity index (χ4v) is 1.26. The van der Waals surface area contributed by atoms with E-state index in [-0.39, 0.29) is 11.8 Å². The predicted octanol–water partition coefficient (Wildman–Crippen LogP) is 2.00. The Balaban J connectivity index is 2.02. The van der Waals surface area contributed by atoms with Crippen LogP contribution in [0.4, 0.5) is 11.4 Å². The second-order valence-corrected chi connectivity index (χ2v) is 3.51. The molecule has 4 heteroatoms. The van der Waals surface area contributed by atoms with Crippen molar-refractivity contribution in [3.63, 3.8) is 0 Å². The largest absolute Gasteiger partial charge is 0.326 e. The molecule has 76 valence electrons. The molecule has 0 saturated heterocycles. The summed E-state index contributed by atoms with van der Waals surface area (Å²) in [7, 11) is 0. The van der Waals surface area contributed by atoms with Crippen LogP contribution in [-0.4, -0.2) is 12.0 Å². The van der Waals surface area contributed by atoms with Crippen LogP contribution in [-0.2, 0) is 9.59 Å². The number of hydrogen-bond donors (Lipinski definition) is 1. The van der Waals surface area contributed by atoms with E-state index >= 15 is 0 Å². The van der Waals surface area contributed by atoms with Crippen LogP contribution < -0.4 is 5.32 Å². The minimum absolute atomic E-state index is 0.0710. The van der Waals surface area contributed by atoms with Gasteiger partial charge in [-0.2, -0.15) is 4.99 Å². The fourth-order valence-electron chi connectivity index (χ4n) is 1.26. The summed E-state index contributed by atoms with van der Waals surface area (Å²) in [5, 5.41) is 2.79. The van der Waals surface area contributed by atoms with Gasteiger partial charge in [0.1, 0.15) is 0 Å². The number of anilines is 1. The van der Waals surface area contributed by atoms with Crippen molar-refractivity contribution in [2.75, 3.05) is 5.32 Å². The van der Waals surface area contributed by atoms with Crippen LogP contribution in [0.2, 0.25) is 0 Å². The highest BCUT2D eigenvalue weighted by Crippen LogP contribution is 2.30. The summed E-state index contributed by atoms with van der Waals surface area (Å²) in [6.45, 7) is 0. The Hall–Kier alpha value is -1.93. The number of aliphatic imine (C=N–C) groups is 1. The normalized spacial score (nSPS) is 14.1. The molecule has 0 heterocycles. The summed E-state index contributed by atoms with van der Waals surface area (Å²) >= 11 is 0. The zero-order valence-corrected chi connectivity index (χ0v) is 8.06. The van der Waals surface area contributed by atoms with Gasteiger partial charge in [0.05, 0.1) is 5.69 Å². The van der Waals surface area contributed by atoms with Crippen molar-refractivity contribution in [1.29, 1.82) is 0 Å². The van der Waals surface area contributed by atoms with Crippen molar-refractivity contribution in [2.45, 2.75) is 12.8 Å². The average Bonchev–Trinajstić information content (AvgIpc) is 3.04. The first-order valence-electron chi connectivity index (χ1n) is 4.78. The Morgan fingerprint density at radius 3 is 2.53 bits per heavy atom. The molecule has 0 spiro atoms. The van der Waals surface area contributed by atoms with E-state index in [1.165, 1.54) is 6.08 Å². The van der Waals surface area contributed by atoms with E-state index in [2.05, 4.69) is 10.3 Å². The smallest absolute Gasteiger partial charge is 0.240 e. The summed E-state index contributed by atoms with van der Waals surface area (Å²) in [5.41, 5.74) is 1.27. The lowest BCUT2D eigenvalue weighted by molar-refractivity contribution is -0.117. The molecule has 1 aliphatic carbocycles. The molecule has 0 bridgehead atoms. The number of amides is 1. The molecule has 1 N–H and O–H groups in total. The number of rotatable bonds is 3. The van der Waals surface area contributed by atoms with Gasteiger partial charge in [-0.3, -0.25) is 4.79 Å². The molecule has 0 aliphatic heterocycles. The average molecular weight is 202 g/mol. The molecule has 1 aromatic rings. The highest BCUT2D eigenvalue weighted by atomic mass is 16.2. The molecule has 0 unspecified atom stereocenters. The van der Waals surface area contributed by atoms with Gasteiger partial charge in [-0.25, -0.2) is 4.79 Å². The predicted molar refractivity (Wildman–Crippen MR) is 55.6 cm³/mol. The number of isocyanates is 1. The van der Waals surface area contributed by atoms with Crippen LogP contribution in [0.3, 0.4) is 0 Å². The molecular formula is C11H10N2O2. The highest BCUT2D eigenvalue weighted by molar-refractivity contribution is 5.94. The van der Waals surface area contributed by atoms with Crippen LogP contribution >= 0.6 is 0 Å². The molecule has 2 rings (SSSR count). The Labute approximate surface area is 87.0 Å². The van der Waals surface area contributed by atoms with Gasteiger partial charge >= 0.3 is 0 Å². The Bertz CT molecular complexity index is 415. The molecule has 1 saturated carbocycles. The SMILES string of the molecule is O=C=Nc1ccc(NC(=O)C2CC2)cc1. The van der Waals surface area contributed by atoms with E-state index in [1.807, 2.05) is 0 Å². The third kappa shape index (κ3) is 2.51. The third-order valence-corrected chi connectivity index (χ3v) is 2.26. The number of hydrogen-bond acceptors (Lipinski definition) is 3. The quantitative estimate of drug-likeness (QED) is 0.602. The van der Waals surface area contributed by atoms with Gasteiger partial charge in [0.15, 0.2) is 0 Å². The lowest BCUT2D eigenvalue weighted by Gasteiger charge is -2.03. The summed E-state index contributed by atoms with van der Waals surface area (Å²) in [6, 6.07) is 6.76. The molecule has 0 atom stereocenters. The standard InChI is InChI=1S/C11H10N2O2/c14-7-12-9-3-5-10(6-4-9)13-11(15)8-1-2-8/h3-6,8H,1-2H2,(H,13,15). The maximum absolute atomic E-state index is 11.4. The van der Waals surface area contributed by atoms with E-state index in [0.717, 1.165) is 18.5 Å². The molecule has 1 aliphatic rings. The number of carbonyl (C=O) groups excluding carboxylic acids is 2. The minimum Gasteiger partial charge on any atom is -0.326 e. The van der Waals surface area contributed by atoms with E-state index < -0.39 is 0 Å². The molecule has 1 aromatic carbocycles. The van der Waals surface area contributed by atoms with Crippen molar-refractivity contribution in [3.8, 4) is 0 Å². The summed E-state index contributed by atoms with van der Waals surface area (Å²) in [6.07, 6.45) is 3.43. The van der Waals surface area contributed by atoms with Gasteiger partial charge in [0, 0.05) is 11.6 Å². The van der Waals surface area contributed by atoms with Crippen molar-refractivity contribution in [3.05, 3.63) is 24.3 Å². The van der Waals surface area contributed by atoms with E-state index in [4.69, 9.17) is 0 Å². The fraction of sp³-hybridized carbons (Fsp3) is 0.273. The topological polar surface area (TPSA) is 58.5 Å². The second kappa shape index (κ2) is 4.07. The number of carbonyl (C=O) groups is 1. The van der Waals surface area contributed by atoms with Crippen LogP contribution in [0.25, 0.3) is 0 Å². The monoisotopic (exact) mass is 202 g/mol. The lowest BCUT2D eigenvalue weighted by Crippen LogP contribution is -2.12. The maximum Gasteiger partial charge on any atom is 0.240 e. The number of nitrogens with zero attached hydrogens (tertiary/aromatic N) is 1. The van der Waals surface area contributed by atoms with Crippen LogP contribution in [0.1, 0.15) is 12.8 Å². The van der Waals surface area contributed by atoms with E-state index in [0.29, 0.717) is 5.69 Å². The van der Waals surface area contributed by atoms with Crippen molar-refractivity contribution in [2.24, 2.45) is 10.9 Å². The third-order valence-electron chi connectivity index (χ3n) is 2.26. The van der Waals surface area contributed by atoms with Crippen molar-refractivity contribution < 1.29 is 9.59 Å². The summed E-state index contributed by atoms with van der Waals surface area (Å²) in [4.78, 5) is 24.8. The Kier molecular flexibility index (Phi) is 2.61. The van der Waals surface area contributed by atoms with Crippen molar-refractivity contribution in [1.82, 2.24) is 0 Å². The van der Waals surface area contributed by atoms with E-state index in [1.54, 1.807) is 24.3 Å². The van der Waals surface area contributed by atoms with Gasteiger partial charge in [-0.15, -0.1) is 0 Å². The molecule has 1 amide bonds. The van der Waals surface area contributed by atoms with Gasteiger partial charge in [0.2, 0.25) is 12.0 Å². The minimum atomic E-state index is 0.0710. The summed E-state index contributed by atoms with van der Waals surface area (Å²) in [5.74, 6) is 0.263. The molecule has 1 fully saturated rings. The highest BCUT2D eigenvalue weighted by Gasteiger charge is 2.29. The van der Waals surface area contributed by atoms with Gasteiger partial charge < -0.3 is 5.32 Å². The van der Waals surface area contributed by atoms with E-state index in [9.17, 15) is 9.59 Å². The molecule has 0 aromatic heterocycles. The lowest BCUT2D eigenvalue weighted by atomic mass is 10.2. The van der Waals surface area contributed by atoms with Crippen LogP contribution in [0.15, 0.2) is 29.3 Å². The van der Waals surface area contributed by atoms with Crippen molar-refractivity contribution >= 4 is 23.4 Å². The van der Waals surface area contributed by atoms with Crippen LogP contribution in [0.5, 0.6) is 0 Å².